The number of benzene rings is 3. The average Bonchev–Trinajstić information content (AvgIpc) is 3.32. The van der Waals surface area contributed by atoms with Crippen LogP contribution in [0, 0.1) is 5.92 Å². The Morgan fingerprint density at radius 3 is 2.44 bits per heavy atom. The van der Waals surface area contributed by atoms with Gasteiger partial charge >= 0.3 is 0 Å². The van der Waals surface area contributed by atoms with Crippen LogP contribution in [-0.2, 0) is 13.0 Å². The number of rotatable bonds is 6. The van der Waals surface area contributed by atoms with E-state index in [0.717, 1.165) is 43.5 Å². The number of likely N-dealkylation sites (tertiary alicyclic amines) is 1. The molecule has 0 unspecified atom stereocenters. The number of carbonyl (C=O) groups excluding carboxylic acids is 1. The summed E-state index contributed by atoms with van der Waals surface area (Å²) >= 11 is 0. The maximum atomic E-state index is 12.9. The molecule has 1 aliphatic heterocycles. The molecule has 162 valence electrons. The Kier molecular flexibility index (Phi) is 5.93. The minimum absolute atomic E-state index is 0.0277. The van der Waals surface area contributed by atoms with E-state index in [0.29, 0.717) is 24.0 Å². The molecule has 4 heteroatoms. The highest BCUT2D eigenvalue weighted by atomic mass is 16.5. The van der Waals surface area contributed by atoms with Crippen molar-refractivity contribution < 1.29 is 13.9 Å². The number of hydrogen-bond donors (Lipinski definition) is 0. The third-order valence-corrected chi connectivity index (χ3v) is 6.24. The van der Waals surface area contributed by atoms with E-state index < -0.39 is 0 Å². The van der Waals surface area contributed by atoms with Crippen molar-refractivity contribution in [2.45, 2.75) is 25.9 Å². The zero-order chi connectivity index (χ0) is 21.8. The van der Waals surface area contributed by atoms with Gasteiger partial charge in [0.1, 0.15) is 18.1 Å². The number of hydrogen-bond acceptors (Lipinski definition) is 3. The summed E-state index contributed by atoms with van der Waals surface area (Å²) in [5, 5.41) is 2.31. The minimum Gasteiger partial charge on any atom is -0.486 e. The number of fused-ring (bicyclic) bond motifs is 1. The molecule has 1 aliphatic rings. The molecule has 0 saturated carbocycles. The second-order valence-corrected chi connectivity index (χ2v) is 8.49. The highest BCUT2D eigenvalue weighted by Gasteiger charge is 2.25. The summed E-state index contributed by atoms with van der Waals surface area (Å²) in [6.07, 6.45) is 3.14. The third kappa shape index (κ3) is 4.70. The maximum Gasteiger partial charge on any atom is 0.289 e. The molecule has 0 spiro atoms. The van der Waals surface area contributed by atoms with E-state index in [-0.39, 0.29) is 5.91 Å². The molecular formula is C28H27NO3. The van der Waals surface area contributed by atoms with E-state index in [1.807, 2.05) is 41.3 Å². The Morgan fingerprint density at radius 1 is 0.875 bits per heavy atom. The summed E-state index contributed by atoms with van der Waals surface area (Å²) in [4.78, 5) is 14.8. The second-order valence-electron chi connectivity index (χ2n) is 8.49. The van der Waals surface area contributed by atoms with E-state index in [9.17, 15) is 4.79 Å². The van der Waals surface area contributed by atoms with E-state index >= 15 is 0 Å². The van der Waals surface area contributed by atoms with Crippen molar-refractivity contribution in [2.24, 2.45) is 5.92 Å². The molecule has 0 radical (unpaired) electrons. The zero-order valence-electron chi connectivity index (χ0n) is 18.1. The van der Waals surface area contributed by atoms with Gasteiger partial charge in [-0.05, 0) is 65.8 Å². The van der Waals surface area contributed by atoms with Crippen molar-refractivity contribution in [3.63, 3.8) is 0 Å². The summed E-state index contributed by atoms with van der Waals surface area (Å²) in [6, 6.07) is 28.4. The predicted octanol–water partition coefficient (Wildman–Crippen LogP) is 6.11. The Labute approximate surface area is 188 Å². The first-order valence-electron chi connectivity index (χ1n) is 11.3. The summed E-state index contributed by atoms with van der Waals surface area (Å²) in [5.41, 5.74) is 1.37. The van der Waals surface area contributed by atoms with Crippen LogP contribution in [0.4, 0.5) is 0 Å². The number of amides is 1. The fourth-order valence-corrected chi connectivity index (χ4v) is 4.43. The minimum atomic E-state index is -0.0277. The summed E-state index contributed by atoms with van der Waals surface area (Å²) in [6.45, 7) is 1.85. The summed E-state index contributed by atoms with van der Waals surface area (Å²) < 4.78 is 11.7. The Balaban J connectivity index is 1.14. The molecule has 3 aromatic carbocycles. The summed E-state index contributed by atoms with van der Waals surface area (Å²) in [7, 11) is 0. The van der Waals surface area contributed by atoms with Gasteiger partial charge in [0.2, 0.25) is 0 Å². The lowest BCUT2D eigenvalue weighted by atomic mass is 9.90. The fraction of sp³-hybridized carbons (Fsp3) is 0.250. The van der Waals surface area contributed by atoms with Gasteiger partial charge < -0.3 is 14.1 Å². The predicted molar refractivity (Wildman–Crippen MR) is 126 cm³/mol. The molecule has 0 atom stereocenters. The molecule has 1 aromatic heterocycles. The standard InChI is InChI=1S/C28H27NO3/c30-28(29-16-14-22(15-17-29)18-21-6-2-1-3-7-21)27-13-12-26(32-27)20-31-25-11-10-23-8-4-5-9-24(23)19-25/h1-13,19,22H,14-18,20H2. The molecule has 4 aromatic rings. The first kappa shape index (κ1) is 20.4. The molecule has 1 fully saturated rings. The fourth-order valence-electron chi connectivity index (χ4n) is 4.43. The Morgan fingerprint density at radius 2 is 1.62 bits per heavy atom. The first-order valence-corrected chi connectivity index (χ1v) is 11.3. The topological polar surface area (TPSA) is 42.7 Å². The van der Waals surface area contributed by atoms with Gasteiger partial charge in [0.15, 0.2) is 5.76 Å². The number of ether oxygens (including phenoxy) is 1. The Hall–Kier alpha value is -3.53. The van der Waals surface area contributed by atoms with Crippen molar-refractivity contribution in [1.29, 1.82) is 0 Å². The molecular weight excluding hydrogens is 398 g/mol. The molecule has 1 amide bonds. The first-order chi connectivity index (χ1) is 15.7. The maximum absolute atomic E-state index is 12.9. The van der Waals surface area contributed by atoms with Crippen LogP contribution in [0.3, 0.4) is 0 Å². The molecule has 4 nitrogen and oxygen atoms in total. The van der Waals surface area contributed by atoms with E-state index in [4.69, 9.17) is 9.15 Å². The SMILES string of the molecule is O=C(c1ccc(COc2ccc3ccccc3c2)o1)N1CCC(Cc2ccccc2)CC1. The van der Waals surface area contributed by atoms with Gasteiger partial charge in [-0.2, -0.15) is 0 Å². The van der Waals surface area contributed by atoms with Crippen molar-refractivity contribution in [1.82, 2.24) is 4.90 Å². The van der Waals surface area contributed by atoms with Crippen molar-refractivity contribution in [2.75, 3.05) is 13.1 Å². The van der Waals surface area contributed by atoms with Crippen LogP contribution < -0.4 is 4.74 Å². The quantitative estimate of drug-likeness (QED) is 0.374. The molecule has 0 N–H and O–H groups in total. The molecule has 32 heavy (non-hydrogen) atoms. The number of carbonyl (C=O) groups is 1. The van der Waals surface area contributed by atoms with Gasteiger partial charge in [-0.25, -0.2) is 0 Å². The summed E-state index contributed by atoms with van der Waals surface area (Å²) in [5.74, 6) is 2.43. The van der Waals surface area contributed by atoms with Gasteiger partial charge in [-0.3, -0.25) is 4.79 Å². The number of nitrogens with zero attached hydrogens (tertiary/aromatic N) is 1. The van der Waals surface area contributed by atoms with Crippen LogP contribution in [0.2, 0.25) is 0 Å². The van der Waals surface area contributed by atoms with Crippen LogP contribution >= 0.6 is 0 Å². The lowest BCUT2D eigenvalue weighted by Crippen LogP contribution is -2.38. The number of furan rings is 1. The molecule has 2 heterocycles. The van der Waals surface area contributed by atoms with Gasteiger partial charge in [0.25, 0.3) is 5.91 Å². The van der Waals surface area contributed by atoms with Gasteiger partial charge in [0.05, 0.1) is 0 Å². The van der Waals surface area contributed by atoms with Crippen LogP contribution in [0.1, 0.15) is 34.7 Å². The van der Waals surface area contributed by atoms with Crippen molar-refractivity contribution >= 4 is 16.7 Å². The molecule has 0 bridgehead atoms. The normalized spacial score (nSPS) is 14.6. The third-order valence-electron chi connectivity index (χ3n) is 6.24. The highest BCUT2D eigenvalue weighted by molar-refractivity contribution is 5.91. The Bertz CT molecular complexity index is 1190. The van der Waals surface area contributed by atoms with Crippen LogP contribution in [-0.4, -0.2) is 23.9 Å². The van der Waals surface area contributed by atoms with Crippen molar-refractivity contribution in [3.8, 4) is 5.75 Å². The van der Waals surface area contributed by atoms with Crippen molar-refractivity contribution in [3.05, 3.63) is 102 Å². The van der Waals surface area contributed by atoms with E-state index in [1.165, 1.54) is 10.9 Å². The average molecular weight is 426 g/mol. The van der Waals surface area contributed by atoms with Gasteiger partial charge in [0, 0.05) is 13.1 Å². The van der Waals surface area contributed by atoms with E-state index in [1.54, 1.807) is 6.07 Å². The molecule has 0 aliphatic carbocycles. The lowest BCUT2D eigenvalue weighted by molar-refractivity contribution is 0.0654. The number of piperidine rings is 1. The van der Waals surface area contributed by atoms with E-state index in [2.05, 4.69) is 42.5 Å². The zero-order valence-corrected chi connectivity index (χ0v) is 18.1. The largest absolute Gasteiger partial charge is 0.486 e. The van der Waals surface area contributed by atoms with Gasteiger partial charge in [-0.1, -0.05) is 60.7 Å². The van der Waals surface area contributed by atoms with Crippen LogP contribution in [0.25, 0.3) is 10.8 Å². The molecule has 5 rings (SSSR count). The molecule has 1 saturated heterocycles. The highest BCUT2D eigenvalue weighted by Crippen LogP contribution is 2.24. The van der Waals surface area contributed by atoms with Gasteiger partial charge in [-0.15, -0.1) is 0 Å². The monoisotopic (exact) mass is 425 g/mol. The lowest BCUT2D eigenvalue weighted by Gasteiger charge is -2.31. The van der Waals surface area contributed by atoms with Crippen LogP contribution in [0.5, 0.6) is 5.75 Å². The smallest absolute Gasteiger partial charge is 0.289 e. The van der Waals surface area contributed by atoms with Crippen LogP contribution in [0.15, 0.2) is 89.3 Å². The second kappa shape index (κ2) is 9.31.